The van der Waals surface area contributed by atoms with E-state index in [-0.39, 0.29) is 18.8 Å². The van der Waals surface area contributed by atoms with Crippen LogP contribution >= 0.6 is 0 Å². The number of ether oxygens (including phenoxy) is 1. The van der Waals surface area contributed by atoms with Gasteiger partial charge in [0.25, 0.3) is 0 Å². The number of nitrogens with zero attached hydrogens (tertiary/aromatic N) is 1. The fourth-order valence-electron chi connectivity index (χ4n) is 3.02. The maximum absolute atomic E-state index is 12.0. The first-order valence-corrected chi connectivity index (χ1v) is 8.78. The van der Waals surface area contributed by atoms with Crippen LogP contribution in [-0.2, 0) is 6.54 Å². The van der Waals surface area contributed by atoms with E-state index in [9.17, 15) is 4.79 Å². The van der Waals surface area contributed by atoms with Gasteiger partial charge in [-0.1, -0.05) is 48.5 Å². The van der Waals surface area contributed by atoms with Gasteiger partial charge < -0.3 is 15.4 Å². The van der Waals surface area contributed by atoms with Crippen LogP contribution in [0.2, 0.25) is 0 Å². The number of para-hydroxylation sites is 1. The fraction of sp³-hybridized carbons (Fsp3) is 0.350. The summed E-state index contributed by atoms with van der Waals surface area (Å²) in [5.41, 5.74) is 1.34. The first-order chi connectivity index (χ1) is 12.3. The Bertz CT molecular complexity index is 641. The van der Waals surface area contributed by atoms with Gasteiger partial charge >= 0.3 is 6.03 Å². The molecule has 0 aromatic heterocycles. The summed E-state index contributed by atoms with van der Waals surface area (Å²) in [6.45, 7) is 3.15. The zero-order valence-electron chi connectivity index (χ0n) is 14.4. The van der Waals surface area contributed by atoms with Gasteiger partial charge in [-0.25, -0.2) is 4.79 Å². The number of likely N-dealkylation sites (tertiary alicyclic amines) is 1. The minimum atomic E-state index is -0.169. The van der Waals surface area contributed by atoms with E-state index in [0.717, 1.165) is 38.2 Å². The SMILES string of the molecule is O=C(NCOc1ccccc1)NC1CCN(Cc2ccccc2)CC1. The lowest BCUT2D eigenvalue weighted by molar-refractivity contribution is 0.183. The molecule has 2 N–H and O–H groups in total. The van der Waals surface area contributed by atoms with E-state index in [1.807, 2.05) is 36.4 Å². The van der Waals surface area contributed by atoms with E-state index < -0.39 is 0 Å². The van der Waals surface area contributed by atoms with E-state index in [1.165, 1.54) is 5.56 Å². The van der Waals surface area contributed by atoms with Crippen LogP contribution in [0.25, 0.3) is 0 Å². The predicted octanol–water partition coefficient (Wildman–Crippen LogP) is 2.99. The number of nitrogens with one attached hydrogen (secondary N) is 2. The fourth-order valence-corrected chi connectivity index (χ4v) is 3.02. The third-order valence-electron chi connectivity index (χ3n) is 4.39. The molecule has 5 nitrogen and oxygen atoms in total. The van der Waals surface area contributed by atoms with Gasteiger partial charge in [0.05, 0.1) is 0 Å². The molecule has 1 heterocycles. The summed E-state index contributed by atoms with van der Waals surface area (Å²) in [7, 11) is 0. The molecular weight excluding hydrogens is 314 g/mol. The van der Waals surface area contributed by atoms with Gasteiger partial charge in [-0.2, -0.15) is 0 Å². The van der Waals surface area contributed by atoms with Crippen molar-refractivity contribution in [2.45, 2.75) is 25.4 Å². The molecule has 1 aliphatic heterocycles. The molecule has 0 spiro atoms. The molecule has 0 atom stereocenters. The molecule has 132 valence electrons. The lowest BCUT2D eigenvalue weighted by Gasteiger charge is -2.32. The number of amides is 2. The van der Waals surface area contributed by atoms with Crippen LogP contribution in [0.3, 0.4) is 0 Å². The van der Waals surface area contributed by atoms with E-state index in [0.29, 0.717) is 0 Å². The first kappa shape index (κ1) is 17.3. The van der Waals surface area contributed by atoms with E-state index in [4.69, 9.17) is 4.74 Å². The monoisotopic (exact) mass is 339 g/mol. The number of hydrogen-bond donors (Lipinski definition) is 2. The number of piperidine rings is 1. The van der Waals surface area contributed by atoms with Crippen molar-refractivity contribution < 1.29 is 9.53 Å². The molecule has 25 heavy (non-hydrogen) atoms. The molecule has 0 radical (unpaired) electrons. The molecule has 1 aliphatic rings. The normalized spacial score (nSPS) is 15.5. The van der Waals surface area contributed by atoms with Crippen molar-refractivity contribution in [3.63, 3.8) is 0 Å². The summed E-state index contributed by atoms with van der Waals surface area (Å²) in [5, 5.41) is 5.78. The molecule has 1 fully saturated rings. The summed E-state index contributed by atoms with van der Waals surface area (Å²) in [5.74, 6) is 0.747. The maximum Gasteiger partial charge on any atom is 0.317 e. The number of benzene rings is 2. The van der Waals surface area contributed by atoms with Crippen molar-refractivity contribution in [1.29, 1.82) is 0 Å². The third-order valence-corrected chi connectivity index (χ3v) is 4.39. The van der Waals surface area contributed by atoms with Crippen LogP contribution in [-0.4, -0.2) is 36.8 Å². The second-order valence-corrected chi connectivity index (χ2v) is 6.29. The highest BCUT2D eigenvalue weighted by molar-refractivity contribution is 5.74. The second kappa shape index (κ2) is 9.08. The summed E-state index contributed by atoms with van der Waals surface area (Å²) >= 11 is 0. The Kier molecular flexibility index (Phi) is 6.29. The van der Waals surface area contributed by atoms with Gasteiger partial charge in [0.15, 0.2) is 6.73 Å². The van der Waals surface area contributed by atoms with Gasteiger partial charge in [-0.05, 0) is 30.5 Å². The second-order valence-electron chi connectivity index (χ2n) is 6.29. The molecule has 1 saturated heterocycles. The molecule has 0 bridgehead atoms. The smallest absolute Gasteiger partial charge is 0.317 e. The molecular formula is C20H25N3O2. The van der Waals surface area contributed by atoms with Gasteiger partial charge in [-0.15, -0.1) is 0 Å². The molecule has 0 unspecified atom stereocenters. The molecule has 2 aromatic carbocycles. The van der Waals surface area contributed by atoms with E-state index in [1.54, 1.807) is 0 Å². The van der Waals surface area contributed by atoms with E-state index in [2.05, 4.69) is 39.8 Å². The topological polar surface area (TPSA) is 53.6 Å². The zero-order chi connectivity index (χ0) is 17.3. The Morgan fingerprint density at radius 1 is 1.00 bits per heavy atom. The van der Waals surface area contributed by atoms with Gasteiger partial charge in [0.1, 0.15) is 5.75 Å². The Hall–Kier alpha value is -2.53. The lowest BCUT2D eigenvalue weighted by Crippen LogP contribution is -2.48. The average Bonchev–Trinajstić information content (AvgIpc) is 2.65. The Balaban J connectivity index is 1.32. The Morgan fingerprint density at radius 2 is 1.64 bits per heavy atom. The maximum atomic E-state index is 12.0. The highest BCUT2D eigenvalue weighted by atomic mass is 16.5. The molecule has 2 aromatic rings. The highest BCUT2D eigenvalue weighted by Crippen LogP contribution is 2.13. The minimum Gasteiger partial charge on any atom is -0.473 e. The first-order valence-electron chi connectivity index (χ1n) is 8.78. The molecule has 5 heteroatoms. The number of hydrogen-bond acceptors (Lipinski definition) is 3. The molecule has 0 saturated carbocycles. The lowest BCUT2D eigenvalue weighted by atomic mass is 10.0. The van der Waals surface area contributed by atoms with Crippen LogP contribution < -0.4 is 15.4 Å². The van der Waals surface area contributed by atoms with Crippen molar-refractivity contribution in [2.75, 3.05) is 19.8 Å². The van der Waals surface area contributed by atoms with Crippen LogP contribution in [0, 0.1) is 0 Å². The number of urea groups is 1. The highest BCUT2D eigenvalue weighted by Gasteiger charge is 2.20. The summed E-state index contributed by atoms with van der Waals surface area (Å²) < 4.78 is 5.47. The van der Waals surface area contributed by atoms with Crippen molar-refractivity contribution in [3.8, 4) is 5.75 Å². The Morgan fingerprint density at radius 3 is 2.32 bits per heavy atom. The van der Waals surface area contributed by atoms with Crippen molar-refractivity contribution >= 4 is 6.03 Å². The number of carbonyl (C=O) groups is 1. The van der Waals surface area contributed by atoms with Crippen LogP contribution in [0.4, 0.5) is 4.79 Å². The minimum absolute atomic E-state index is 0.169. The van der Waals surface area contributed by atoms with Crippen molar-refractivity contribution in [2.24, 2.45) is 0 Å². The molecule has 3 rings (SSSR count). The van der Waals surface area contributed by atoms with Gasteiger partial charge in [-0.3, -0.25) is 4.90 Å². The average molecular weight is 339 g/mol. The Labute approximate surface area is 149 Å². The number of carbonyl (C=O) groups excluding carboxylic acids is 1. The van der Waals surface area contributed by atoms with Crippen LogP contribution in [0.1, 0.15) is 18.4 Å². The van der Waals surface area contributed by atoms with Crippen LogP contribution in [0.5, 0.6) is 5.75 Å². The predicted molar refractivity (Wildman–Crippen MR) is 98.3 cm³/mol. The van der Waals surface area contributed by atoms with E-state index >= 15 is 0 Å². The summed E-state index contributed by atoms with van der Waals surface area (Å²) in [6, 6.07) is 20.0. The third kappa shape index (κ3) is 5.80. The molecule has 0 aliphatic carbocycles. The molecule has 2 amide bonds. The van der Waals surface area contributed by atoms with Gasteiger partial charge in [0, 0.05) is 25.7 Å². The van der Waals surface area contributed by atoms with Crippen molar-refractivity contribution in [1.82, 2.24) is 15.5 Å². The van der Waals surface area contributed by atoms with Gasteiger partial charge in [0.2, 0.25) is 0 Å². The van der Waals surface area contributed by atoms with Crippen LogP contribution in [0.15, 0.2) is 60.7 Å². The zero-order valence-corrected chi connectivity index (χ0v) is 14.4. The number of rotatable bonds is 6. The summed E-state index contributed by atoms with van der Waals surface area (Å²) in [6.07, 6.45) is 1.94. The van der Waals surface area contributed by atoms with Crippen molar-refractivity contribution in [3.05, 3.63) is 66.2 Å². The largest absolute Gasteiger partial charge is 0.473 e. The quantitative estimate of drug-likeness (QED) is 0.796. The summed E-state index contributed by atoms with van der Waals surface area (Å²) in [4.78, 5) is 14.4. The standard InChI is InChI=1S/C20H25N3O2/c24-20(21-16-25-19-9-5-2-6-10-19)22-18-11-13-23(14-12-18)15-17-7-3-1-4-8-17/h1-10,18H,11-16H2,(H2,21,22,24).